The van der Waals surface area contributed by atoms with Crippen molar-refractivity contribution in [3.05, 3.63) is 59.9 Å². The van der Waals surface area contributed by atoms with Crippen LogP contribution < -0.4 is 10.6 Å². The van der Waals surface area contributed by atoms with Crippen molar-refractivity contribution in [3.63, 3.8) is 0 Å². The van der Waals surface area contributed by atoms with Gasteiger partial charge in [-0.1, -0.05) is 6.07 Å². The van der Waals surface area contributed by atoms with Crippen LogP contribution in [-0.2, 0) is 11.0 Å². The van der Waals surface area contributed by atoms with Crippen LogP contribution in [0.15, 0.2) is 48.8 Å². The maximum absolute atomic E-state index is 13.2. The molecule has 0 radical (unpaired) electrons. The Morgan fingerprint density at radius 1 is 1.17 bits per heavy atom. The molecule has 0 spiro atoms. The highest BCUT2D eigenvalue weighted by atomic mass is 19.4. The molecule has 3 aromatic rings. The van der Waals surface area contributed by atoms with E-state index in [-0.39, 0.29) is 23.0 Å². The average molecular weight is 403 g/mol. The zero-order valence-corrected chi connectivity index (χ0v) is 15.2. The summed E-state index contributed by atoms with van der Waals surface area (Å²) in [5.41, 5.74) is 0.588. The monoisotopic (exact) mass is 403 g/mol. The SMILES string of the molecule is Cc1ccc(Nc2cc(-c3cccnc3)nc(NCC(=O)O)n2)cc1C(F)(F)F. The first kappa shape index (κ1) is 20.1. The van der Waals surface area contributed by atoms with Gasteiger partial charge in [0.05, 0.1) is 11.3 Å². The van der Waals surface area contributed by atoms with E-state index in [1.165, 1.54) is 25.1 Å². The lowest BCUT2D eigenvalue weighted by Gasteiger charge is -2.14. The van der Waals surface area contributed by atoms with Crippen LogP contribution in [0.25, 0.3) is 11.3 Å². The number of anilines is 3. The number of benzene rings is 1. The highest BCUT2D eigenvalue weighted by Crippen LogP contribution is 2.34. The Kier molecular flexibility index (Phi) is 5.62. The van der Waals surface area contributed by atoms with Gasteiger partial charge in [-0.05, 0) is 36.8 Å². The Morgan fingerprint density at radius 2 is 1.97 bits per heavy atom. The zero-order valence-electron chi connectivity index (χ0n) is 15.2. The molecule has 7 nitrogen and oxygen atoms in total. The summed E-state index contributed by atoms with van der Waals surface area (Å²) in [7, 11) is 0. The highest BCUT2D eigenvalue weighted by Gasteiger charge is 2.32. The van der Waals surface area contributed by atoms with Crippen LogP contribution in [0.1, 0.15) is 11.1 Å². The number of alkyl halides is 3. The van der Waals surface area contributed by atoms with E-state index in [9.17, 15) is 18.0 Å². The van der Waals surface area contributed by atoms with Crippen molar-refractivity contribution in [1.29, 1.82) is 0 Å². The molecule has 1 aromatic carbocycles. The number of carbonyl (C=O) groups is 1. The van der Waals surface area contributed by atoms with Crippen LogP contribution in [-0.4, -0.2) is 32.6 Å². The number of aliphatic carboxylic acids is 1. The number of aromatic nitrogens is 3. The van der Waals surface area contributed by atoms with Gasteiger partial charge in [0.2, 0.25) is 5.95 Å². The minimum absolute atomic E-state index is 0.0133. The van der Waals surface area contributed by atoms with E-state index in [1.807, 2.05) is 0 Å². The highest BCUT2D eigenvalue weighted by molar-refractivity contribution is 5.73. The van der Waals surface area contributed by atoms with Crippen LogP contribution in [0.2, 0.25) is 0 Å². The summed E-state index contributed by atoms with van der Waals surface area (Å²) in [6.07, 6.45) is -1.35. The van der Waals surface area contributed by atoms with Crippen LogP contribution in [0.4, 0.5) is 30.6 Å². The summed E-state index contributed by atoms with van der Waals surface area (Å²) in [5, 5.41) is 14.2. The maximum atomic E-state index is 13.2. The predicted molar refractivity (Wildman–Crippen MR) is 101 cm³/mol. The lowest BCUT2D eigenvalue weighted by molar-refractivity contribution is -0.138. The summed E-state index contributed by atoms with van der Waals surface area (Å²) in [5.74, 6) is -0.897. The molecular weight excluding hydrogens is 387 g/mol. The topological polar surface area (TPSA) is 100 Å². The molecule has 2 aromatic heterocycles. The molecule has 3 N–H and O–H groups in total. The second-order valence-corrected chi connectivity index (χ2v) is 6.10. The molecule has 3 rings (SSSR count). The van der Waals surface area contributed by atoms with Crippen LogP contribution in [0, 0.1) is 6.92 Å². The Labute approximate surface area is 163 Å². The zero-order chi connectivity index (χ0) is 21.0. The van der Waals surface area contributed by atoms with Crippen LogP contribution >= 0.6 is 0 Å². The fourth-order valence-electron chi connectivity index (χ4n) is 2.56. The number of carboxylic acid groups (broad SMARTS) is 1. The summed E-state index contributed by atoms with van der Waals surface area (Å²) < 4.78 is 39.5. The number of nitrogens with zero attached hydrogens (tertiary/aromatic N) is 3. The number of pyridine rings is 1. The number of hydrogen-bond donors (Lipinski definition) is 3. The normalized spacial score (nSPS) is 11.2. The Hall–Kier alpha value is -3.69. The van der Waals surface area contributed by atoms with E-state index in [1.54, 1.807) is 24.5 Å². The van der Waals surface area contributed by atoms with Gasteiger partial charge in [0, 0.05) is 29.7 Å². The fourth-order valence-corrected chi connectivity index (χ4v) is 2.56. The molecule has 0 aliphatic heterocycles. The third-order valence-corrected chi connectivity index (χ3v) is 3.90. The Bertz CT molecular complexity index is 1030. The quantitative estimate of drug-likeness (QED) is 0.570. The number of aryl methyl sites for hydroxylation is 1. The van der Waals surface area contributed by atoms with Gasteiger partial charge >= 0.3 is 12.1 Å². The van der Waals surface area contributed by atoms with Gasteiger partial charge in [0.25, 0.3) is 0 Å². The van der Waals surface area contributed by atoms with Gasteiger partial charge in [-0.15, -0.1) is 0 Å². The lowest BCUT2D eigenvalue weighted by Crippen LogP contribution is -2.15. The molecule has 10 heteroatoms. The predicted octanol–water partition coefficient (Wildman–Crippen LogP) is 4.11. The van der Waals surface area contributed by atoms with Gasteiger partial charge in [0.1, 0.15) is 12.4 Å². The fraction of sp³-hybridized carbons (Fsp3) is 0.158. The first-order valence-electron chi connectivity index (χ1n) is 8.42. The average Bonchev–Trinajstić information content (AvgIpc) is 2.67. The molecular formula is C19H16F3N5O2. The standard InChI is InChI=1S/C19H16F3N5O2/c1-11-4-5-13(7-14(11)19(20,21)22)25-16-8-15(12-3-2-6-23-9-12)26-18(27-16)24-10-17(28)29/h2-9H,10H2,1H3,(H,28,29)(H2,24,25,26,27). The van der Waals surface area contributed by atoms with Crippen molar-refractivity contribution in [2.45, 2.75) is 13.1 Å². The molecule has 2 heterocycles. The molecule has 150 valence electrons. The van der Waals surface area contributed by atoms with Gasteiger partial charge in [-0.2, -0.15) is 18.2 Å². The number of hydrogen-bond acceptors (Lipinski definition) is 6. The van der Waals surface area contributed by atoms with E-state index in [4.69, 9.17) is 5.11 Å². The summed E-state index contributed by atoms with van der Waals surface area (Å²) in [6.45, 7) is 0.963. The van der Waals surface area contributed by atoms with E-state index in [2.05, 4.69) is 25.6 Å². The Morgan fingerprint density at radius 3 is 2.62 bits per heavy atom. The number of rotatable bonds is 6. The van der Waals surface area contributed by atoms with E-state index in [0.29, 0.717) is 11.3 Å². The second kappa shape index (κ2) is 8.13. The minimum Gasteiger partial charge on any atom is -0.480 e. The van der Waals surface area contributed by atoms with Gasteiger partial charge < -0.3 is 15.7 Å². The molecule has 0 bridgehead atoms. The van der Waals surface area contributed by atoms with Crippen LogP contribution in [0.3, 0.4) is 0 Å². The summed E-state index contributed by atoms with van der Waals surface area (Å²) in [4.78, 5) is 23.2. The van der Waals surface area contributed by atoms with E-state index < -0.39 is 24.3 Å². The number of carboxylic acids is 1. The van der Waals surface area contributed by atoms with Gasteiger partial charge in [0.15, 0.2) is 0 Å². The molecule has 0 fully saturated rings. The molecule has 0 aliphatic carbocycles. The molecule has 0 unspecified atom stereocenters. The number of halogens is 3. The first-order valence-corrected chi connectivity index (χ1v) is 8.42. The van der Waals surface area contributed by atoms with Crippen molar-refractivity contribution in [2.24, 2.45) is 0 Å². The van der Waals surface area contributed by atoms with Crippen molar-refractivity contribution in [1.82, 2.24) is 15.0 Å². The second-order valence-electron chi connectivity index (χ2n) is 6.10. The van der Waals surface area contributed by atoms with E-state index in [0.717, 1.165) is 6.07 Å². The first-order chi connectivity index (χ1) is 13.7. The largest absolute Gasteiger partial charge is 0.480 e. The van der Waals surface area contributed by atoms with Crippen molar-refractivity contribution < 1.29 is 23.1 Å². The molecule has 0 amide bonds. The van der Waals surface area contributed by atoms with Crippen molar-refractivity contribution in [2.75, 3.05) is 17.2 Å². The van der Waals surface area contributed by atoms with Crippen molar-refractivity contribution >= 4 is 23.4 Å². The maximum Gasteiger partial charge on any atom is 0.416 e. The number of nitrogens with one attached hydrogen (secondary N) is 2. The Balaban J connectivity index is 1.98. The van der Waals surface area contributed by atoms with E-state index >= 15 is 0 Å². The molecule has 0 atom stereocenters. The minimum atomic E-state index is -4.48. The third-order valence-electron chi connectivity index (χ3n) is 3.90. The summed E-state index contributed by atoms with van der Waals surface area (Å²) >= 11 is 0. The van der Waals surface area contributed by atoms with Gasteiger partial charge in [-0.25, -0.2) is 4.98 Å². The summed E-state index contributed by atoms with van der Waals surface area (Å²) in [6, 6.07) is 8.83. The molecule has 0 aliphatic rings. The van der Waals surface area contributed by atoms with Crippen molar-refractivity contribution in [3.8, 4) is 11.3 Å². The lowest BCUT2D eigenvalue weighted by atomic mass is 10.1. The van der Waals surface area contributed by atoms with Gasteiger partial charge in [-0.3, -0.25) is 9.78 Å². The smallest absolute Gasteiger partial charge is 0.416 e. The molecule has 29 heavy (non-hydrogen) atoms. The van der Waals surface area contributed by atoms with Crippen LogP contribution in [0.5, 0.6) is 0 Å². The molecule has 0 saturated heterocycles. The molecule has 0 saturated carbocycles. The third kappa shape index (κ3) is 5.18.